The molecule has 262 valence electrons. The van der Waals surface area contributed by atoms with Gasteiger partial charge in [-0.1, -0.05) is 140 Å². The smallest absolute Gasteiger partial charge is 0.227 e. The van der Waals surface area contributed by atoms with E-state index >= 15 is 0 Å². The van der Waals surface area contributed by atoms with Gasteiger partial charge in [0.2, 0.25) is 5.89 Å². The van der Waals surface area contributed by atoms with Gasteiger partial charge in [-0.25, -0.2) is 4.98 Å². The summed E-state index contributed by atoms with van der Waals surface area (Å²) < 4.78 is 6.55. The minimum Gasteiger partial charge on any atom is -0.435 e. The van der Waals surface area contributed by atoms with Gasteiger partial charge in [0, 0.05) is 33.4 Å². The number of hydrogen-bond donors (Lipinski definition) is 0. The Morgan fingerprint density at radius 1 is 0.339 bits per heavy atom. The van der Waals surface area contributed by atoms with Crippen LogP contribution in [0.25, 0.3) is 87.9 Å². The van der Waals surface area contributed by atoms with Crippen molar-refractivity contribution in [2.24, 2.45) is 0 Å². The van der Waals surface area contributed by atoms with E-state index in [1.165, 1.54) is 43.4 Å². The average molecular weight is 715 g/mol. The standard InChI is InChI=1S/C53H34N2O/c1-3-11-39(12-4-1)53-54-49-31-27-38-20-19-37-21-23-44-33-43(26-30-48(44)50(37)51(38)52(49)56-53)41-14-9-17-47(34-41)55(45-15-5-2-6-16-45)46-28-24-36(25-29-46)42-22-18-35-10-7-8-13-40(35)32-42/h1-34H. The molecule has 11 rings (SSSR count). The van der Waals surface area contributed by atoms with Crippen molar-refractivity contribution >= 4 is 71.3 Å². The van der Waals surface area contributed by atoms with E-state index in [-0.39, 0.29) is 0 Å². The van der Waals surface area contributed by atoms with Crippen LogP contribution in [-0.2, 0) is 0 Å². The van der Waals surface area contributed by atoms with E-state index in [1.54, 1.807) is 0 Å². The monoisotopic (exact) mass is 714 g/mol. The number of nitrogens with zero attached hydrogens (tertiary/aromatic N) is 2. The first-order valence-electron chi connectivity index (χ1n) is 19.0. The van der Waals surface area contributed by atoms with Crippen LogP contribution >= 0.6 is 0 Å². The number of hydrogen-bond acceptors (Lipinski definition) is 3. The highest BCUT2D eigenvalue weighted by Gasteiger charge is 2.17. The lowest BCUT2D eigenvalue weighted by Crippen LogP contribution is -2.09. The third-order valence-electron chi connectivity index (χ3n) is 11.0. The van der Waals surface area contributed by atoms with E-state index in [9.17, 15) is 0 Å². The lowest BCUT2D eigenvalue weighted by Gasteiger charge is -2.26. The molecule has 0 aliphatic rings. The third-order valence-corrected chi connectivity index (χ3v) is 11.0. The molecule has 1 aromatic heterocycles. The third kappa shape index (κ3) is 5.49. The van der Waals surface area contributed by atoms with E-state index in [4.69, 9.17) is 9.40 Å². The molecule has 0 fully saturated rings. The van der Waals surface area contributed by atoms with Crippen molar-refractivity contribution in [2.75, 3.05) is 4.90 Å². The fraction of sp³-hybridized carbons (Fsp3) is 0. The summed E-state index contributed by atoms with van der Waals surface area (Å²) in [5.41, 5.74) is 10.7. The molecule has 0 aliphatic carbocycles. The summed E-state index contributed by atoms with van der Waals surface area (Å²) in [5, 5.41) is 9.46. The highest BCUT2D eigenvalue weighted by Crippen LogP contribution is 2.41. The molecule has 10 aromatic carbocycles. The number of anilines is 3. The Morgan fingerprint density at radius 2 is 0.893 bits per heavy atom. The highest BCUT2D eigenvalue weighted by molar-refractivity contribution is 6.26. The summed E-state index contributed by atoms with van der Waals surface area (Å²) in [6, 6.07) is 73.6. The molecule has 0 saturated carbocycles. The van der Waals surface area contributed by atoms with Gasteiger partial charge < -0.3 is 9.32 Å². The van der Waals surface area contributed by atoms with Crippen molar-refractivity contribution < 1.29 is 4.42 Å². The van der Waals surface area contributed by atoms with Crippen LogP contribution < -0.4 is 4.90 Å². The van der Waals surface area contributed by atoms with E-state index < -0.39 is 0 Å². The van der Waals surface area contributed by atoms with E-state index in [0.29, 0.717) is 5.89 Å². The van der Waals surface area contributed by atoms with Crippen molar-refractivity contribution in [1.82, 2.24) is 4.98 Å². The van der Waals surface area contributed by atoms with Crippen molar-refractivity contribution in [2.45, 2.75) is 0 Å². The van der Waals surface area contributed by atoms with Gasteiger partial charge in [-0.05, 0) is 121 Å². The Balaban J connectivity index is 0.997. The number of rotatable bonds is 6. The quantitative estimate of drug-likeness (QED) is 0.161. The molecule has 1 heterocycles. The second-order valence-electron chi connectivity index (χ2n) is 14.4. The van der Waals surface area contributed by atoms with Crippen LogP contribution in [0.2, 0.25) is 0 Å². The highest BCUT2D eigenvalue weighted by atomic mass is 16.3. The summed E-state index contributed by atoms with van der Waals surface area (Å²) in [4.78, 5) is 7.23. The number of oxazole rings is 1. The van der Waals surface area contributed by atoms with Crippen LogP contribution in [0.4, 0.5) is 17.1 Å². The first-order valence-corrected chi connectivity index (χ1v) is 19.0. The fourth-order valence-electron chi connectivity index (χ4n) is 8.25. The number of para-hydroxylation sites is 1. The van der Waals surface area contributed by atoms with Gasteiger partial charge in [0.15, 0.2) is 5.58 Å². The predicted octanol–water partition coefficient (Wildman–Crippen LogP) is 14.9. The van der Waals surface area contributed by atoms with Gasteiger partial charge in [0.05, 0.1) is 0 Å². The van der Waals surface area contributed by atoms with E-state index in [2.05, 4.69) is 181 Å². The van der Waals surface area contributed by atoms with Crippen LogP contribution in [0.5, 0.6) is 0 Å². The second kappa shape index (κ2) is 13.1. The summed E-state index contributed by atoms with van der Waals surface area (Å²) in [6.07, 6.45) is 0. The summed E-state index contributed by atoms with van der Waals surface area (Å²) in [5.74, 6) is 0.637. The SMILES string of the molecule is c1ccc(-c2nc3ccc4ccc5ccc6cc(-c7cccc(N(c8ccccc8)c8ccc(-c9ccc%10ccccc%10c9)cc8)c7)ccc6c5c4c3o2)cc1. The minimum absolute atomic E-state index is 0.637. The largest absolute Gasteiger partial charge is 0.435 e. The minimum atomic E-state index is 0.637. The zero-order valence-electron chi connectivity index (χ0n) is 30.4. The maximum absolute atomic E-state index is 6.55. The van der Waals surface area contributed by atoms with Gasteiger partial charge in [-0.2, -0.15) is 0 Å². The molecule has 56 heavy (non-hydrogen) atoms. The molecular formula is C53H34N2O. The first kappa shape index (κ1) is 32.0. The average Bonchev–Trinajstić information content (AvgIpc) is 3.72. The second-order valence-corrected chi connectivity index (χ2v) is 14.4. The van der Waals surface area contributed by atoms with E-state index in [1.807, 2.05) is 30.3 Å². The Morgan fingerprint density at radius 3 is 1.71 bits per heavy atom. The lowest BCUT2D eigenvalue weighted by molar-refractivity contribution is 0.623. The van der Waals surface area contributed by atoms with Gasteiger partial charge >= 0.3 is 0 Å². The number of aromatic nitrogens is 1. The Labute approximate surface area is 324 Å². The molecule has 0 spiro atoms. The van der Waals surface area contributed by atoms with Crippen molar-refractivity contribution in [3.63, 3.8) is 0 Å². The van der Waals surface area contributed by atoms with Crippen molar-refractivity contribution in [3.8, 4) is 33.7 Å². The molecule has 0 atom stereocenters. The normalized spacial score (nSPS) is 11.6. The predicted molar refractivity (Wildman–Crippen MR) is 235 cm³/mol. The van der Waals surface area contributed by atoms with Gasteiger partial charge in [0.25, 0.3) is 0 Å². The zero-order chi connectivity index (χ0) is 37.0. The molecule has 0 amide bonds. The molecular weight excluding hydrogens is 681 g/mol. The van der Waals surface area contributed by atoms with Crippen LogP contribution in [0.1, 0.15) is 0 Å². The molecule has 3 heteroatoms. The Kier molecular flexibility index (Phi) is 7.49. The molecule has 0 bridgehead atoms. The molecule has 0 unspecified atom stereocenters. The van der Waals surface area contributed by atoms with Gasteiger partial charge in [-0.3, -0.25) is 0 Å². The van der Waals surface area contributed by atoms with Gasteiger partial charge in [0.1, 0.15) is 5.52 Å². The summed E-state index contributed by atoms with van der Waals surface area (Å²) >= 11 is 0. The summed E-state index contributed by atoms with van der Waals surface area (Å²) in [7, 11) is 0. The van der Waals surface area contributed by atoms with E-state index in [0.717, 1.165) is 55.6 Å². The fourth-order valence-corrected chi connectivity index (χ4v) is 8.25. The van der Waals surface area contributed by atoms with Crippen LogP contribution in [-0.4, -0.2) is 4.98 Å². The van der Waals surface area contributed by atoms with Gasteiger partial charge in [-0.15, -0.1) is 0 Å². The topological polar surface area (TPSA) is 29.3 Å². The number of benzene rings is 10. The Bertz CT molecular complexity index is 3240. The van der Waals surface area contributed by atoms with Crippen molar-refractivity contribution in [3.05, 3.63) is 206 Å². The molecule has 0 N–H and O–H groups in total. The summed E-state index contributed by atoms with van der Waals surface area (Å²) in [6.45, 7) is 0. The maximum atomic E-state index is 6.55. The van der Waals surface area contributed by atoms with Crippen LogP contribution in [0.15, 0.2) is 211 Å². The van der Waals surface area contributed by atoms with Crippen LogP contribution in [0, 0.1) is 0 Å². The molecule has 11 aromatic rings. The number of fused-ring (bicyclic) bond motifs is 8. The molecule has 0 saturated heterocycles. The first-order chi connectivity index (χ1) is 27.7. The molecule has 3 nitrogen and oxygen atoms in total. The molecule has 0 aliphatic heterocycles. The maximum Gasteiger partial charge on any atom is 0.227 e. The zero-order valence-corrected chi connectivity index (χ0v) is 30.4. The lowest BCUT2D eigenvalue weighted by atomic mass is 9.93. The Hall–Kier alpha value is -7.49. The molecule has 0 radical (unpaired) electrons. The van der Waals surface area contributed by atoms with Crippen molar-refractivity contribution in [1.29, 1.82) is 0 Å². The van der Waals surface area contributed by atoms with Crippen LogP contribution in [0.3, 0.4) is 0 Å².